The molecule has 1 amide bonds. The van der Waals surface area contributed by atoms with Crippen molar-refractivity contribution in [3.63, 3.8) is 0 Å². The van der Waals surface area contributed by atoms with Gasteiger partial charge in [-0.2, -0.15) is 4.68 Å². The number of benzene rings is 2. The molecule has 2 atom stereocenters. The van der Waals surface area contributed by atoms with Gasteiger partial charge in [-0.3, -0.25) is 14.4 Å². The van der Waals surface area contributed by atoms with Gasteiger partial charge in [-0.25, -0.2) is 0 Å². The van der Waals surface area contributed by atoms with E-state index in [4.69, 9.17) is 4.74 Å². The number of hydrogen-bond acceptors (Lipinski definition) is 7. The monoisotopic (exact) mass is 460 g/mol. The highest BCUT2D eigenvalue weighted by Crippen LogP contribution is 2.43. The van der Waals surface area contributed by atoms with Crippen LogP contribution in [-0.2, 0) is 21.1 Å². The molecule has 0 N–H and O–H groups in total. The summed E-state index contributed by atoms with van der Waals surface area (Å²) in [6.07, 6.45) is 0.0214. The van der Waals surface area contributed by atoms with E-state index in [1.807, 2.05) is 48.7 Å². The zero-order valence-corrected chi connectivity index (χ0v) is 18.6. The molecule has 0 spiro atoms. The predicted octanol–water partition coefficient (Wildman–Crippen LogP) is 3.46. The number of nitrogens with zero attached hydrogens (tertiary/aromatic N) is 4. The van der Waals surface area contributed by atoms with Crippen LogP contribution in [-0.4, -0.2) is 26.9 Å². The second-order valence-corrected chi connectivity index (χ2v) is 8.85. The number of rotatable bonds is 5. The molecule has 2 aromatic heterocycles. The molecule has 166 valence electrons. The van der Waals surface area contributed by atoms with E-state index in [1.54, 1.807) is 29.2 Å². The first-order valence-corrected chi connectivity index (χ1v) is 11.3. The maximum atomic E-state index is 13.1. The molecule has 0 saturated carbocycles. The van der Waals surface area contributed by atoms with Crippen molar-refractivity contribution < 1.29 is 14.3 Å². The average molecular weight is 461 g/mol. The molecule has 0 bridgehead atoms. The Kier molecular flexibility index (Phi) is 5.47. The van der Waals surface area contributed by atoms with E-state index in [2.05, 4.69) is 10.3 Å². The smallest absolute Gasteiger partial charge is 0.313 e. The minimum absolute atomic E-state index is 0.0214. The van der Waals surface area contributed by atoms with Gasteiger partial charge in [0.15, 0.2) is 6.73 Å². The SMILES string of the molecule is Cc1ccc(N2C(=O)C[C@H](C(=O)OCn3nnc4ccccc4c3=O)[C@@H]2c2cccs2)cc1. The van der Waals surface area contributed by atoms with Crippen LogP contribution >= 0.6 is 11.3 Å². The minimum Gasteiger partial charge on any atom is -0.442 e. The van der Waals surface area contributed by atoms with Crippen molar-refractivity contribution in [1.29, 1.82) is 0 Å². The number of anilines is 1. The molecule has 0 aliphatic carbocycles. The molecule has 9 heteroatoms. The van der Waals surface area contributed by atoms with Gasteiger partial charge in [0.05, 0.1) is 17.3 Å². The topological polar surface area (TPSA) is 94.4 Å². The minimum atomic E-state index is -0.707. The quantitative estimate of drug-likeness (QED) is 0.424. The molecule has 1 fully saturated rings. The van der Waals surface area contributed by atoms with E-state index >= 15 is 0 Å². The van der Waals surface area contributed by atoms with Crippen LogP contribution in [0.15, 0.2) is 70.8 Å². The lowest BCUT2D eigenvalue weighted by molar-refractivity contribution is -0.153. The van der Waals surface area contributed by atoms with Gasteiger partial charge >= 0.3 is 5.97 Å². The van der Waals surface area contributed by atoms with Gasteiger partial charge in [0.2, 0.25) is 5.91 Å². The van der Waals surface area contributed by atoms with Gasteiger partial charge in [-0.05, 0) is 42.6 Å². The zero-order chi connectivity index (χ0) is 22.9. The number of carbonyl (C=O) groups is 2. The highest BCUT2D eigenvalue weighted by molar-refractivity contribution is 7.10. The Hall–Kier alpha value is -3.85. The number of esters is 1. The van der Waals surface area contributed by atoms with Crippen molar-refractivity contribution in [2.75, 3.05) is 4.90 Å². The zero-order valence-electron chi connectivity index (χ0n) is 17.7. The summed E-state index contributed by atoms with van der Waals surface area (Å²) in [6.45, 7) is 1.60. The van der Waals surface area contributed by atoms with Gasteiger partial charge in [0.25, 0.3) is 5.56 Å². The molecule has 1 saturated heterocycles. The van der Waals surface area contributed by atoms with Crippen LogP contribution < -0.4 is 10.5 Å². The van der Waals surface area contributed by atoms with Gasteiger partial charge in [-0.15, -0.1) is 16.4 Å². The van der Waals surface area contributed by atoms with Crippen molar-refractivity contribution in [2.45, 2.75) is 26.1 Å². The van der Waals surface area contributed by atoms with Crippen molar-refractivity contribution in [2.24, 2.45) is 5.92 Å². The predicted molar refractivity (Wildman–Crippen MR) is 124 cm³/mol. The molecule has 3 heterocycles. The molecular formula is C24H20N4O4S. The Bertz CT molecular complexity index is 1380. The van der Waals surface area contributed by atoms with Crippen molar-refractivity contribution in [3.05, 3.63) is 86.8 Å². The molecular weight excluding hydrogens is 440 g/mol. The molecule has 33 heavy (non-hydrogen) atoms. The Morgan fingerprint density at radius 3 is 2.64 bits per heavy atom. The normalized spacial score (nSPS) is 18.1. The highest BCUT2D eigenvalue weighted by atomic mass is 32.1. The molecule has 5 rings (SSSR count). The second kappa shape index (κ2) is 8.59. The van der Waals surface area contributed by atoms with Crippen molar-refractivity contribution >= 4 is 39.8 Å². The standard InChI is InChI=1S/C24H20N4O4S/c1-15-8-10-16(11-9-15)28-21(29)13-18(22(28)20-7-4-12-33-20)24(31)32-14-27-23(30)17-5-2-3-6-19(17)25-26-27/h2-12,18,22H,13-14H2,1H3/t18-,22+/m0/s1. The van der Waals surface area contributed by atoms with E-state index in [0.717, 1.165) is 20.8 Å². The van der Waals surface area contributed by atoms with Gasteiger partial charge in [-0.1, -0.05) is 41.1 Å². The summed E-state index contributed by atoms with van der Waals surface area (Å²) >= 11 is 1.48. The van der Waals surface area contributed by atoms with Crippen molar-refractivity contribution in [3.8, 4) is 0 Å². The average Bonchev–Trinajstić information content (AvgIpc) is 3.47. The Morgan fingerprint density at radius 2 is 1.88 bits per heavy atom. The molecule has 1 aliphatic heterocycles. The fourth-order valence-electron chi connectivity index (χ4n) is 4.08. The van der Waals surface area contributed by atoms with Crippen LogP contribution in [0, 0.1) is 12.8 Å². The third kappa shape index (κ3) is 3.91. The Morgan fingerprint density at radius 1 is 1.09 bits per heavy atom. The number of aryl methyl sites for hydroxylation is 1. The van der Waals surface area contributed by atoms with E-state index < -0.39 is 23.5 Å². The molecule has 8 nitrogen and oxygen atoms in total. The fraction of sp³-hybridized carbons (Fsp3) is 0.208. The number of aromatic nitrogens is 3. The summed E-state index contributed by atoms with van der Waals surface area (Å²) in [5, 5.41) is 10.2. The first kappa shape index (κ1) is 21.0. The van der Waals surface area contributed by atoms with Crippen LogP contribution in [0.5, 0.6) is 0 Å². The summed E-state index contributed by atoms with van der Waals surface area (Å²) < 4.78 is 6.48. The van der Waals surface area contributed by atoms with Gasteiger partial charge in [0, 0.05) is 17.0 Å². The lowest BCUT2D eigenvalue weighted by Gasteiger charge is -2.27. The molecule has 4 aromatic rings. The van der Waals surface area contributed by atoms with E-state index in [9.17, 15) is 14.4 Å². The number of fused-ring (bicyclic) bond motifs is 1. The summed E-state index contributed by atoms with van der Waals surface area (Å²) in [5.74, 6) is -1.42. The highest BCUT2D eigenvalue weighted by Gasteiger charge is 2.46. The number of ether oxygens (including phenoxy) is 1. The number of amides is 1. The lowest BCUT2D eigenvalue weighted by atomic mass is 9.99. The van der Waals surface area contributed by atoms with Crippen molar-refractivity contribution in [1.82, 2.24) is 15.0 Å². The maximum Gasteiger partial charge on any atom is 0.313 e. The fourth-order valence-corrected chi connectivity index (χ4v) is 4.96. The van der Waals surface area contributed by atoms with Gasteiger partial charge in [0.1, 0.15) is 5.52 Å². The summed E-state index contributed by atoms with van der Waals surface area (Å²) in [5.41, 5.74) is 1.89. The van der Waals surface area contributed by atoms with E-state index in [-0.39, 0.29) is 19.1 Å². The van der Waals surface area contributed by atoms with Crippen LogP contribution in [0.3, 0.4) is 0 Å². The van der Waals surface area contributed by atoms with Crippen LogP contribution in [0.25, 0.3) is 10.9 Å². The first-order valence-electron chi connectivity index (χ1n) is 10.4. The summed E-state index contributed by atoms with van der Waals surface area (Å²) in [7, 11) is 0. The van der Waals surface area contributed by atoms with E-state index in [1.165, 1.54) is 11.3 Å². The lowest BCUT2D eigenvalue weighted by Crippen LogP contribution is -2.32. The maximum absolute atomic E-state index is 13.1. The third-order valence-corrected chi connectivity index (χ3v) is 6.67. The van der Waals surface area contributed by atoms with E-state index in [0.29, 0.717) is 10.9 Å². The Labute approximate surface area is 193 Å². The van der Waals surface area contributed by atoms with Crippen LogP contribution in [0.2, 0.25) is 0 Å². The summed E-state index contributed by atoms with van der Waals surface area (Å²) in [6, 6.07) is 17.8. The summed E-state index contributed by atoms with van der Waals surface area (Å²) in [4.78, 5) is 41.3. The number of hydrogen-bond donors (Lipinski definition) is 0. The number of thiophene rings is 1. The Balaban J connectivity index is 1.41. The second-order valence-electron chi connectivity index (χ2n) is 7.87. The molecule has 1 aliphatic rings. The first-order chi connectivity index (χ1) is 16.0. The molecule has 0 radical (unpaired) electrons. The van der Waals surface area contributed by atoms with Crippen LogP contribution in [0.1, 0.15) is 22.9 Å². The third-order valence-electron chi connectivity index (χ3n) is 5.73. The van der Waals surface area contributed by atoms with Gasteiger partial charge < -0.3 is 9.64 Å². The largest absolute Gasteiger partial charge is 0.442 e. The number of carbonyl (C=O) groups excluding carboxylic acids is 2. The molecule has 0 unspecified atom stereocenters. The van der Waals surface area contributed by atoms with Crippen LogP contribution in [0.4, 0.5) is 5.69 Å². The molecule has 2 aromatic carbocycles.